The van der Waals surface area contributed by atoms with E-state index in [-0.39, 0.29) is 17.9 Å². The van der Waals surface area contributed by atoms with E-state index >= 15 is 0 Å². The van der Waals surface area contributed by atoms with Crippen molar-refractivity contribution < 1.29 is 19.1 Å². The maximum absolute atomic E-state index is 13.3. The number of hydrogen-bond donors (Lipinski definition) is 2. The number of rotatable bonds is 10. The molecule has 2 aliphatic rings. The molecular weight excluding hydrogens is 372 g/mol. The van der Waals surface area contributed by atoms with Crippen molar-refractivity contribution >= 4 is 11.9 Å². The van der Waals surface area contributed by atoms with Gasteiger partial charge < -0.3 is 25.0 Å². The normalized spacial score (nSPS) is 22.0. The maximum atomic E-state index is 13.3. The average Bonchev–Trinajstić information content (AvgIpc) is 3.12. The maximum Gasteiger partial charge on any atom is 0.324 e. The summed E-state index contributed by atoms with van der Waals surface area (Å²) < 4.78 is 11.8. The summed E-state index contributed by atoms with van der Waals surface area (Å²) in [4.78, 5) is 29.2. The van der Waals surface area contributed by atoms with Crippen LogP contribution in [-0.4, -0.2) is 87.6 Å². The highest BCUT2D eigenvalue weighted by atomic mass is 16.7. The van der Waals surface area contributed by atoms with Gasteiger partial charge in [0, 0.05) is 39.0 Å². The van der Waals surface area contributed by atoms with E-state index in [4.69, 9.17) is 9.47 Å². The van der Waals surface area contributed by atoms with Gasteiger partial charge in [0.1, 0.15) is 0 Å². The molecule has 8 nitrogen and oxygen atoms in total. The molecule has 0 bridgehead atoms. The second-order valence-corrected chi connectivity index (χ2v) is 8.43. The second-order valence-electron chi connectivity index (χ2n) is 8.43. The van der Waals surface area contributed by atoms with Gasteiger partial charge in [0.05, 0.1) is 19.1 Å². The molecular formula is C21H40N4O4. The van der Waals surface area contributed by atoms with Crippen molar-refractivity contribution in [2.45, 2.75) is 51.7 Å². The summed E-state index contributed by atoms with van der Waals surface area (Å²) in [5.41, 5.74) is 0. The Kier molecular flexibility index (Phi) is 9.82. The summed E-state index contributed by atoms with van der Waals surface area (Å²) in [7, 11) is 3.91. The van der Waals surface area contributed by atoms with Gasteiger partial charge in [-0.15, -0.1) is 0 Å². The minimum Gasteiger partial charge on any atom is -0.348 e. The first-order chi connectivity index (χ1) is 13.9. The van der Waals surface area contributed by atoms with E-state index in [2.05, 4.69) is 10.6 Å². The minimum atomic E-state index is -0.442. The zero-order chi connectivity index (χ0) is 21.3. The number of hydrogen-bond acceptors (Lipinski definition) is 6. The molecule has 2 unspecified atom stereocenters. The van der Waals surface area contributed by atoms with Crippen molar-refractivity contribution in [3.05, 3.63) is 0 Å². The number of carbonyl (C=O) groups is 2. The number of ether oxygens (including phenoxy) is 2. The largest absolute Gasteiger partial charge is 0.348 e. The van der Waals surface area contributed by atoms with Crippen LogP contribution >= 0.6 is 0 Å². The molecule has 0 aromatic rings. The smallest absolute Gasteiger partial charge is 0.324 e. The fraction of sp³-hybridized carbons (Fsp3) is 0.905. The first-order valence-corrected chi connectivity index (χ1v) is 11.1. The molecule has 0 aromatic heterocycles. The second kappa shape index (κ2) is 11.8. The molecule has 1 aliphatic carbocycles. The van der Waals surface area contributed by atoms with Crippen LogP contribution in [0.1, 0.15) is 46.0 Å². The standard InChI is InChI=1S/C21H40N4O4/c1-5-22-16-18(14-17-8-7-9-21(15-17)28-12-13-29-21)19(26)25(6-2)20(27)23-10-11-24(3)4/h17-18,22H,5-16H2,1-4H3,(H,23,27). The molecule has 1 aliphatic heterocycles. The van der Waals surface area contributed by atoms with Crippen LogP contribution in [-0.2, 0) is 14.3 Å². The van der Waals surface area contributed by atoms with E-state index in [9.17, 15) is 9.59 Å². The molecule has 1 saturated carbocycles. The Labute approximate surface area is 175 Å². The van der Waals surface area contributed by atoms with Gasteiger partial charge in [0.2, 0.25) is 5.91 Å². The third-order valence-corrected chi connectivity index (χ3v) is 5.85. The van der Waals surface area contributed by atoms with Crippen LogP contribution in [0.4, 0.5) is 4.79 Å². The molecule has 1 spiro atoms. The molecule has 0 radical (unpaired) electrons. The van der Waals surface area contributed by atoms with E-state index in [1.165, 1.54) is 4.90 Å². The zero-order valence-electron chi connectivity index (χ0n) is 18.7. The fourth-order valence-corrected chi connectivity index (χ4v) is 4.36. The van der Waals surface area contributed by atoms with Gasteiger partial charge in [-0.3, -0.25) is 9.69 Å². The lowest BCUT2D eigenvalue weighted by Crippen LogP contribution is -2.49. The molecule has 1 heterocycles. The van der Waals surface area contributed by atoms with Crippen molar-refractivity contribution in [1.82, 2.24) is 20.4 Å². The summed E-state index contributed by atoms with van der Waals surface area (Å²) in [6.45, 7) is 8.21. The number of likely N-dealkylation sites (N-methyl/N-ethyl adjacent to an activating group) is 1. The summed E-state index contributed by atoms with van der Waals surface area (Å²) >= 11 is 0. The van der Waals surface area contributed by atoms with E-state index in [1.54, 1.807) is 0 Å². The lowest BCUT2D eigenvalue weighted by atomic mass is 9.79. The van der Waals surface area contributed by atoms with Gasteiger partial charge in [0.25, 0.3) is 0 Å². The Morgan fingerprint density at radius 1 is 1.21 bits per heavy atom. The summed E-state index contributed by atoms with van der Waals surface area (Å²) in [6, 6.07) is -0.302. The first kappa shape index (κ1) is 24.1. The van der Waals surface area contributed by atoms with E-state index in [1.807, 2.05) is 32.8 Å². The van der Waals surface area contributed by atoms with Crippen LogP contribution in [0.15, 0.2) is 0 Å². The molecule has 1 saturated heterocycles. The number of nitrogens with zero attached hydrogens (tertiary/aromatic N) is 2. The van der Waals surface area contributed by atoms with Crippen molar-refractivity contribution in [2.75, 3.05) is 60.0 Å². The van der Waals surface area contributed by atoms with Gasteiger partial charge in [-0.1, -0.05) is 13.3 Å². The van der Waals surface area contributed by atoms with Gasteiger partial charge >= 0.3 is 6.03 Å². The van der Waals surface area contributed by atoms with Crippen LogP contribution in [0, 0.1) is 11.8 Å². The molecule has 8 heteroatoms. The Morgan fingerprint density at radius 2 is 1.93 bits per heavy atom. The monoisotopic (exact) mass is 412 g/mol. The van der Waals surface area contributed by atoms with E-state index in [0.717, 1.165) is 45.2 Å². The number of nitrogens with one attached hydrogen (secondary N) is 2. The number of amides is 3. The average molecular weight is 413 g/mol. The van der Waals surface area contributed by atoms with Gasteiger partial charge in [-0.05, 0) is 46.3 Å². The lowest BCUT2D eigenvalue weighted by Gasteiger charge is -2.37. The molecule has 2 atom stereocenters. The van der Waals surface area contributed by atoms with Crippen LogP contribution < -0.4 is 10.6 Å². The Balaban J connectivity index is 1.98. The van der Waals surface area contributed by atoms with Crippen LogP contribution in [0.3, 0.4) is 0 Å². The van der Waals surface area contributed by atoms with Gasteiger partial charge in [0.15, 0.2) is 5.79 Å². The van der Waals surface area contributed by atoms with Crippen molar-refractivity contribution in [1.29, 1.82) is 0 Å². The summed E-state index contributed by atoms with van der Waals surface area (Å²) in [5.74, 6) is -0.396. The third kappa shape index (κ3) is 7.20. The van der Waals surface area contributed by atoms with Crippen molar-refractivity contribution in [2.24, 2.45) is 11.8 Å². The van der Waals surface area contributed by atoms with Gasteiger partial charge in [-0.25, -0.2) is 4.79 Å². The highest BCUT2D eigenvalue weighted by Crippen LogP contribution is 2.41. The van der Waals surface area contributed by atoms with Crippen LogP contribution in [0.5, 0.6) is 0 Å². The number of imide groups is 1. The van der Waals surface area contributed by atoms with Crippen molar-refractivity contribution in [3.8, 4) is 0 Å². The highest BCUT2D eigenvalue weighted by molar-refractivity contribution is 5.95. The molecule has 2 fully saturated rings. The predicted octanol–water partition coefficient (Wildman–Crippen LogP) is 1.66. The third-order valence-electron chi connectivity index (χ3n) is 5.85. The summed E-state index contributed by atoms with van der Waals surface area (Å²) in [5, 5.41) is 6.17. The molecule has 3 amide bonds. The minimum absolute atomic E-state index is 0.0938. The topological polar surface area (TPSA) is 83.1 Å². The SMILES string of the molecule is CCNCC(CC1CCCC2(C1)OCCO2)C(=O)N(CC)C(=O)NCCN(C)C. The molecule has 0 aromatic carbocycles. The Hall–Kier alpha value is -1.22. The molecule has 2 rings (SSSR count). The van der Waals surface area contributed by atoms with Crippen LogP contribution in [0.2, 0.25) is 0 Å². The Morgan fingerprint density at radius 3 is 2.55 bits per heavy atom. The molecule has 2 N–H and O–H groups in total. The molecule has 29 heavy (non-hydrogen) atoms. The Bertz CT molecular complexity index is 523. The van der Waals surface area contributed by atoms with Crippen molar-refractivity contribution in [3.63, 3.8) is 0 Å². The zero-order valence-corrected chi connectivity index (χ0v) is 18.7. The fourth-order valence-electron chi connectivity index (χ4n) is 4.36. The van der Waals surface area contributed by atoms with Gasteiger partial charge in [-0.2, -0.15) is 0 Å². The lowest BCUT2D eigenvalue weighted by molar-refractivity contribution is -0.188. The number of carbonyl (C=O) groups excluding carboxylic acids is 2. The highest BCUT2D eigenvalue weighted by Gasteiger charge is 2.42. The van der Waals surface area contributed by atoms with E-state index < -0.39 is 5.79 Å². The number of urea groups is 1. The van der Waals surface area contributed by atoms with E-state index in [0.29, 0.717) is 38.8 Å². The summed E-state index contributed by atoms with van der Waals surface area (Å²) in [6.07, 6.45) is 4.65. The molecule has 168 valence electrons. The first-order valence-electron chi connectivity index (χ1n) is 11.1. The predicted molar refractivity (Wildman–Crippen MR) is 113 cm³/mol. The quantitative estimate of drug-likeness (QED) is 0.568. The van der Waals surface area contributed by atoms with Crippen LogP contribution in [0.25, 0.3) is 0 Å².